The molecule has 0 unspecified atom stereocenters. The number of primary sulfonamides is 1. The maximum absolute atomic E-state index is 11.5. The molecule has 1 saturated heterocycles. The topological polar surface area (TPSA) is 87.8 Å². The molecule has 8 heteroatoms. The van der Waals surface area contributed by atoms with Gasteiger partial charge >= 0.3 is 0 Å². The Kier molecular flexibility index (Phi) is 6.81. The van der Waals surface area contributed by atoms with Crippen molar-refractivity contribution in [1.82, 2.24) is 10.2 Å². The number of hydrogen-bond acceptors (Lipinski definition) is 4. The summed E-state index contributed by atoms with van der Waals surface area (Å²) in [5.74, 6) is 0.950. The van der Waals surface area contributed by atoms with Crippen LogP contribution in [0.1, 0.15) is 63.2 Å². The maximum Gasteiger partial charge on any atom is 0.247 e. The van der Waals surface area contributed by atoms with Gasteiger partial charge in [-0.25, -0.2) is 18.5 Å². The van der Waals surface area contributed by atoms with Gasteiger partial charge in [-0.15, -0.1) is 11.3 Å². The highest BCUT2D eigenvalue weighted by Crippen LogP contribution is 2.42. The zero-order valence-electron chi connectivity index (χ0n) is 16.2. The van der Waals surface area contributed by atoms with Crippen LogP contribution in [0.5, 0.6) is 0 Å². The Morgan fingerprint density at radius 3 is 2.56 bits per heavy atom. The smallest absolute Gasteiger partial charge is 0.247 e. The number of piperidine rings is 1. The van der Waals surface area contributed by atoms with Crippen molar-refractivity contribution in [1.29, 1.82) is 0 Å². The van der Waals surface area contributed by atoms with E-state index in [1.165, 1.54) is 62.7 Å². The van der Waals surface area contributed by atoms with Crippen molar-refractivity contribution in [2.75, 3.05) is 19.6 Å². The first-order valence-corrected chi connectivity index (χ1v) is 12.4. The molecular formula is C19H32N4O2S2. The van der Waals surface area contributed by atoms with Gasteiger partial charge in [0.2, 0.25) is 10.0 Å². The molecule has 0 atom stereocenters. The third kappa shape index (κ3) is 5.45. The second-order valence-corrected chi connectivity index (χ2v) is 10.8. The molecule has 2 fully saturated rings. The quantitative estimate of drug-likeness (QED) is 0.587. The van der Waals surface area contributed by atoms with Gasteiger partial charge in [0.05, 0.1) is 6.54 Å². The first-order chi connectivity index (χ1) is 12.9. The number of guanidine groups is 1. The molecule has 2 aliphatic rings. The highest BCUT2D eigenvalue weighted by atomic mass is 32.2. The summed E-state index contributed by atoms with van der Waals surface area (Å²) in [6.07, 6.45) is 10.7. The number of nitrogens with one attached hydrogen (secondary N) is 1. The highest BCUT2D eigenvalue weighted by molar-refractivity contribution is 7.91. The van der Waals surface area contributed by atoms with E-state index < -0.39 is 10.0 Å². The third-order valence-electron chi connectivity index (χ3n) is 5.76. The van der Waals surface area contributed by atoms with Gasteiger partial charge in [0.25, 0.3) is 0 Å². The average molecular weight is 413 g/mol. The minimum Gasteiger partial charge on any atom is -0.357 e. The lowest BCUT2D eigenvalue weighted by molar-refractivity contribution is 0.115. The lowest BCUT2D eigenvalue weighted by Gasteiger charge is -2.44. The van der Waals surface area contributed by atoms with Gasteiger partial charge in [0.15, 0.2) is 5.96 Å². The number of hydrogen-bond donors (Lipinski definition) is 2. The molecule has 2 heterocycles. The van der Waals surface area contributed by atoms with E-state index in [1.807, 2.05) is 0 Å². The zero-order valence-corrected chi connectivity index (χ0v) is 17.9. The molecule has 0 amide bonds. The fraction of sp³-hybridized carbons (Fsp3) is 0.737. The summed E-state index contributed by atoms with van der Waals surface area (Å²) in [6, 6.07) is 3.37. The summed E-state index contributed by atoms with van der Waals surface area (Å²) in [7, 11) is -3.63. The number of nitrogens with two attached hydrogens (primary N) is 1. The molecule has 3 rings (SSSR count). The molecule has 152 valence electrons. The molecule has 1 aromatic heterocycles. The number of rotatable bonds is 4. The SMILES string of the molecule is CCNC(=NCc1ccc(S(N)(=O)=O)s1)N1CCCC2(CCCCCC2)C1. The monoisotopic (exact) mass is 412 g/mol. The van der Waals surface area contributed by atoms with Gasteiger partial charge in [-0.1, -0.05) is 25.7 Å². The molecule has 6 nitrogen and oxygen atoms in total. The standard InChI is InChI=1S/C19H32N4O2S2/c1-2-21-18(22-14-16-8-9-17(26-16)27(20,24)25)23-13-7-12-19(15-23)10-5-3-4-6-11-19/h8-9H,2-7,10-15H2,1H3,(H,21,22)(H2,20,24,25). The van der Waals surface area contributed by atoms with Crippen molar-refractivity contribution in [2.45, 2.75) is 69.0 Å². The van der Waals surface area contributed by atoms with Crippen LogP contribution in [0, 0.1) is 5.41 Å². The summed E-state index contributed by atoms with van der Waals surface area (Å²) in [5.41, 5.74) is 0.453. The third-order valence-corrected chi connectivity index (χ3v) is 8.27. The molecule has 3 N–H and O–H groups in total. The number of sulfonamides is 1. The predicted octanol–water partition coefficient (Wildman–Crippen LogP) is 3.30. The Hall–Kier alpha value is -1.12. The Morgan fingerprint density at radius 1 is 1.22 bits per heavy atom. The van der Waals surface area contributed by atoms with E-state index in [0.717, 1.165) is 30.5 Å². The van der Waals surface area contributed by atoms with Gasteiger partial charge in [0.1, 0.15) is 4.21 Å². The van der Waals surface area contributed by atoms with Crippen LogP contribution in [0.4, 0.5) is 0 Å². The van der Waals surface area contributed by atoms with Crippen molar-refractivity contribution < 1.29 is 8.42 Å². The number of thiophene rings is 1. The largest absolute Gasteiger partial charge is 0.357 e. The van der Waals surface area contributed by atoms with Gasteiger partial charge in [-0.2, -0.15) is 0 Å². The summed E-state index contributed by atoms with van der Waals surface area (Å²) in [4.78, 5) is 8.15. The molecule has 1 aliphatic heterocycles. The lowest BCUT2D eigenvalue weighted by Crippen LogP contribution is -2.50. The van der Waals surface area contributed by atoms with Crippen LogP contribution in [0.25, 0.3) is 0 Å². The molecule has 1 saturated carbocycles. The Bertz CT molecular complexity index is 750. The van der Waals surface area contributed by atoms with Crippen LogP contribution in [0.2, 0.25) is 0 Å². The van der Waals surface area contributed by atoms with Crippen LogP contribution >= 0.6 is 11.3 Å². The maximum atomic E-state index is 11.5. The van der Waals surface area contributed by atoms with E-state index in [0.29, 0.717) is 12.0 Å². The van der Waals surface area contributed by atoms with Crippen molar-refractivity contribution in [3.05, 3.63) is 17.0 Å². The van der Waals surface area contributed by atoms with E-state index in [1.54, 1.807) is 12.1 Å². The first-order valence-electron chi connectivity index (χ1n) is 10.1. The van der Waals surface area contributed by atoms with Crippen LogP contribution in [-0.4, -0.2) is 38.9 Å². The Labute approximate surface area is 167 Å². The second-order valence-electron chi connectivity index (χ2n) is 7.88. The number of nitrogens with zero attached hydrogens (tertiary/aromatic N) is 2. The van der Waals surface area contributed by atoms with E-state index in [-0.39, 0.29) is 4.21 Å². The fourth-order valence-corrected chi connectivity index (χ4v) is 6.15. The molecule has 27 heavy (non-hydrogen) atoms. The Morgan fingerprint density at radius 2 is 1.93 bits per heavy atom. The molecule has 1 aromatic rings. The zero-order chi connectivity index (χ0) is 19.3. The van der Waals surface area contributed by atoms with Crippen LogP contribution in [0.15, 0.2) is 21.3 Å². The van der Waals surface area contributed by atoms with Crippen molar-refractivity contribution in [2.24, 2.45) is 15.5 Å². The first kappa shape index (κ1) is 20.6. The number of aliphatic imine (C=N–C) groups is 1. The van der Waals surface area contributed by atoms with Gasteiger partial charge < -0.3 is 10.2 Å². The molecule has 1 aliphatic carbocycles. The van der Waals surface area contributed by atoms with Gasteiger partial charge in [-0.05, 0) is 50.2 Å². The van der Waals surface area contributed by atoms with E-state index in [2.05, 4.69) is 17.1 Å². The second kappa shape index (κ2) is 8.92. The normalized spacial score (nSPS) is 21.3. The summed E-state index contributed by atoms with van der Waals surface area (Å²) >= 11 is 1.20. The van der Waals surface area contributed by atoms with E-state index >= 15 is 0 Å². The summed E-state index contributed by atoms with van der Waals surface area (Å²) in [6.45, 7) is 5.53. The van der Waals surface area contributed by atoms with Crippen molar-refractivity contribution >= 4 is 27.3 Å². The minimum absolute atomic E-state index is 0.202. The van der Waals surface area contributed by atoms with E-state index in [4.69, 9.17) is 10.1 Å². The number of likely N-dealkylation sites (tertiary alicyclic amines) is 1. The Balaban J connectivity index is 1.72. The van der Waals surface area contributed by atoms with E-state index in [9.17, 15) is 8.42 Å². The highest BCUT2D eigenvalue weighted by Gasteiger charge is 2.36. The summed E-state index contributed by atoms with van der Waals surface area (Å²) in [5, 5.41) is 8.64. The summed E-state index contributed by atoms with van der Waals surface area (Å²) < 4.78 is 23.1. The lowest BCUT2D eigenvalue weighted by atomic mass is 9.74. The molecule has 0 bridgehead atoms. The molecule has 1 spiro atoms. The minimum atomic E-state index is -3.63. The van der Waals surface area contributed by atoms with Gasteiger partial charge in [0, 0.05) is 24.5 Å². The predicted molar refractivity (Wildman–Crippen MR) is 111 cm³/mol. The van der Waals surface area contributed by atoms with Crippen LogP contribution in [0.3, 0.4) is 0 Å². The average Bonchev–Trinajstić information content (AvgIpc) is 3.01. The van der Waals surface area contributed by atoms with Crippen molar-refractivity contribution in [3.63, 3.8) is 0 Å². The molecular weight excluding hydrogens is 380 g/mol. The van der Waals surface area contributed by atoms with Crippen molar-refractivity contribution in [3.8, 4) is 0 Å². The van der Waals surface area contributed by atoms with Gasteiger partial charge in [-0.3, -0.25) is 0 Å². The molecule has 0 radical (unpaired) electrons. The fourth-order valence-electron chi connectivity index (χ4n) is 4.45. The molecule has 0 aromatic carbocycles. The van der Waals surface area contributed by atoms with Crippen LogP contribution in [-0.2, 0) is 16.6 Å². The van der Waals surface area contributed by atoms with Crippen LogP contribution < -0.4 is 10.5 Å².